The molecule has 0 radical (unpaired) electrons. The van der Waals surface area contributed by atoms with Gasteiger partial charge in [0.2, 0.25) is 0 Å². The van der Waals surface area contributed by atoms with Crippen LogP contribution < -0.4 is 10.6 Å². The highest BCUT2D eigenvalue weighted by molar-refractivity contribution is 7.99. The zero-order chi connectivity index (χ0) is 18.9. The number of nitrogens with zero attached hydrogens (tertiary/aromatic N) is 4. The van der Waals surface area contributed by atoms with E-state index >= 15 is 0 Å². The fourth-order valence-corrected chi connectivity index (χ4v) is 3.43. The van der Waals surface area contributed by atoms with E-state index in [2.05, 4.69) is 32.7 Å². The van der Waals surface area contributed by atoms with E-state index in [1.165, 1.54) is 4.90 Å². The molecule has 142 valence electrons. The van der Waals surface area contributed by atoms with Gasteiger partial charge in [0.1, 0.15) is 5.82 Å². The molecule has 0 aliphatic carbocycles. The first kappa shape index (κ1) is 19.5. The Kier molecular flexibility index (Phi) is 7.36. The Morgan fingerprint density at radius 2 is 2.00 bits per heavy atom. The third kappa shape index (κ3) is 5.87. The Morgan fingerprint density at radius 1 is 1.15 bits per heavy atom. The second-order valence-corrected chi connectivity index (χ2v) is 7.39. The summed E-state index contributed by atoms with van der Waals surface area (Å²) in [7, 11) is 0. The van der Waals surface area contributed by atoms with Gasteiger partial charge in [0.15, 0.2) is 11.6 Å². The molecule has 0 aliphatic heterocycles. The van der Waals surface area contributed by atoms with Crippen LogP contribution in [0.15, 0.2) is 58.5 Å². The van der Waals surface area contributed by atoms with Crippen molar-refractivity contribution in [3.05, 3.63) is 59.5 Å². The number of hydrogen-bond donors (Lipinski definition) is 2. The predicted octanol–water partition coefficient (Wildman–Crippen LogP) is 3.27. The first-order valence-corrected chi connectivity index (χ1v) is 10.3. The highest BCUT2D eigenvalue weighted by Crippen LogP contribution is 2.19. The van der Waals surface area contributed by atoms with Crippen LogP contribution in [-0.2, 0) is 6.42 Å². The van der Waals surface area contributed by atoms with Gasteiger partial charge in [-0.15, -0.1) is 22.0 Å². The number of guanidine groups is 1. The summed E-state index contributed by atoms with van der Waals surface area (Å²) in [6, 6.07) is 13.8. The van der Waals surface area contributed by atoms with Gasteiger partial charge in [-0.25, -0.2) is 0 Å². The number of nitrogens with one attached hydrogen (secondary N) is 2. The van der Waals surface area contributed by atoms with Crippen molar-refractivity contribution in [2.75, 3.05) is 25.4 Å². The van der Waals surface area contributed by atoms with Gasteiger partial charge >= 0.3 is 0 Å². The maximum Gasteiger partial charge on any atom is 0.191 e. The second-order valence-electron chi connectivity index (χ2n) is 5.78. The third-order valence-corrected chi connectivity index (χ3v) is 5.08. The Bertz CT molecular complexity index is 877. The lowest BCUT2D eigenvalue weighted by Crippen LogP contribution is -2.38. The zero-order valence-corrected chi connectivity index (χ0v) is 16.8. The fraction of sp³-hybridized carbons (Fsp3) is 0.316. The van der Waals surface area contributed by atoms with Crippen molar-refractivity contribution in [1.29, 1.82) is 0 Å². The quantitative estimate of drug-likeness (QED) is 0.262. The summed E-state index contributed by atoms with van der Waals surface area (Å²) >= 11 is 7.70. The molecule has 0 fully saturated rings. The van der Waals surface area contributed by atoms with Crippen molar-refractivity contribution < 1.29 is 0 Å². The number of thioether (sulfide) groups is 1. The summed E-state index contributed by atoms with van der Waals surface area (Å²) in [5.74, 6) is 2.69. The molecular weight excluding hydrogens is 380 g/mol. The molecule has 2 N–H and O–H groups in total. The van der Waals surface area contributed by atoms with Crippen molar-refractivity contribution in [2.24, 2.45) is 4.99 Å². The Labute approximate surface area is 168 Å². The highest BCUT2D eigenvalue weighted by atomic mass is 35.5. The maximum atomic E-state index is 5.91. The van der Waals surface area contributed by atoms with Gasteiger partial charge in [-0.3, -0.25) is 9.39 Å². The molecular formula is C19H23ClN6S. The van der Waals surface area contributed by atoms with E-state index in [1.54, 1.807) is 11.8 Å². The van der Waals surface area contributed by atoms with Gasteiger partial charge in [-0.1, -0.05) is 17.7 Å². The molecule has 0 amide bonds. The maximum absolute atomic E-state index is 5.91. The van der Waals surface area contributed by atoms with Gasteiger partial charge < -0.3 is 10.6 Å². The fourth-order valence-electron chi connectivity index (χ4n) is 2.54. The smallest absolute Gasteiger partial charge is 0.191 e. The van der Waals surface area contributed by atoms with Gasteiger partial charge in [0.25, 0.3) is 0 Å². The topological polar surface area (TPSA) is 66.6 Å². The normalized spacial score (nSPS) is 11.7. The van der Waals surface area contributed by atoms with E-state index in [9.17, 15) is 0 Å². The van der Waals surface area contributed by atoms with Crippen LogP contribution in [0.3, 0.4) is 0 Å². The van der Waals surface area contributed by atoms with Crippen LogP contribution >= 0.6 is 23.4 Å². The van der Waals surface area contributed by atoms with E-state index in [4.69, 9.17) is 11.6 Å². The van der Waals surface area contributed by atoms with Crippen LogP contribution in [0.1, 0.15) is 12.7 Å². The van der Waals surface area contributed by atoms with Crippen LogP contribution in [0.5, 0.6) is 0 Å². The lowest BCUT2D eigenvalue weighted by Gasteiger charge is -2.11. The minimum absolute atomic E-state index is 0.648. The van der Waals surface area contributed by atoms with Crippen LogP contribution in [0, 0.1) is 0 Å². The largest absolute Gasteiger partial charge is 0.357 e. The van der Waals surface area contributed by atoms with E-state index < -0.39 is 0 Å². The van der Waals surface area contributed by atoms with Crippen molar-refractivity contribution >= 4 is 35.0 Å². The molecule has 8 heteroatoms. The number of halogens is 1. The van der Waals surface area contributed by atoms with Gasteiger partial charge in [0.05, 0.1) is 0 Å². The van der Waals surface area contributed by atoms with Crippen LogP contribution in [-0.4, -0.2) is 45.9 Å². The number of fused-ring (bicyclic) bond motifs is 1. The number of aliphatic imine (C=N–C) groups is 1. The molecule has 0 atom stereocenters. The predicted molar refractivity (Wildman–Crippen MR) is 113 cm³/mol. The number of rotatable bonds is 8. The molecule has 2 aromatic heterocycles. The van der Waals surface area contributed by atoms with Crippen molar-refractivity contribution in [3.8, 4) is 0 Å². The lowest BCUT2D eigenvalue weighted by atomic mass is 10.4. The SMILES string of the molecule is CCNC(=NCCc1nnc2ccccn12)NCCSc1ccc(Cl)cc1. The summed E-state index contributed by atoms with van der Waals surface area (Å²) in [6.45, 7) is 4.36. The molecule has 0 saturated carbocycles. The Balaban J connectivity index is 1.46. The summed E-state index contributed by atoms with van der Waals surface area (Å²) in [4.78, 5) is 5.85. The molecule has 0 spiro atoms. The highest BCUT2D eigenvalue weighted by Gasteiger charge is 2.04. The molecule has 3 rings (SSSR count). The van der Waals surface area contributed by atoms with Crippen LogP contribution in [0.25, 0.3) is 5.65 Å². The van der Waals surface area contributed by atoms with Crippen molar-refractivity contribution in [1.82, 2.24) is 25.2 Å². The van der Waals surface area contributed by atoms with Gasteiger partial charge in [-0.2, -0.15) is 0 Å². The van der Waals surface area contributed by atoms with Gasteiger partial charge in [-0.05, 0) is 43.3 Å². The molecule has 0 unspecified atom stereocenters. The monoisotopic (exact) mass is 402 g/mol. The standard InChI is InChI=1S/C19H23ClN6S/c1-2-21-19(23-12-14-27-16-8-6-15(20)7-9-16)22-11-10-18-25-24-17-5-3-4-13-26(17)18/h3-9,13H,2,10-12,14H2,1H3,(H2,21,22,23). The van der Waals surface area contributed by atoms with E-state index in [-0.39, 0.29) is 0 Å². The Hall–Kier alpha value is -2.25. The lowest BCUT2D eigenvalue weighted by molar-refractivity contribution is 0.810. The van der Waals surface area contributed by atoms with E-state index in [0.29, 0.717) is 6.54 Å². The minimum atomic E-state index is 0.648. The molecule has 0 aliphatic rings. The number of benzene rings is 1. The first-order chi connectivity index (χ1) is 13.3. The van der Waals surface area contributed by atoms with Crippen LogP contribution in [0.4, 0.5) is 0 Å². The zero-order valence-electron chi connectivity index (χ0n) is 15.2. The minimum Gasteiger partial charge on any atom is -0.357 e. The molecule has 1 aromatic carbocycles. The van der Waals surface area contributed by atoms with Crippen molar-refractivity contribution in [3.63, 3.8) is 0 Å². The summed E-state index contributed by atoms with van der Waals surface area (Å²) in [5.41, 5.74) is 0.862. The average Bonchev–Trinajstić information content (AvgIpc) is 3.10. The van der Waals surface area contributed by atoms with Crippen LogP contribution in [0.2, 0.25) is 5.02 Å². The summed E-state index contributed by atoms with van der Waals surface area (Å²) in [5, 5.41) is 15.8. The summed E-state index contributed by atoms with van der Waals surface area (Å²) in [6.07, 6.45) is 2.72. The van der Waals surface area contributed by atoms with E-state index in [1.807, 2.05) is 53.1 Å². The molecule has 2 heterocycles. The second kappa shape index (κ2) is 10.2. The molecule has 0 saturated heterocycles. The van der Waals surface area contributed by atoms with Gasteiger partial charge in [0, 0.05) is 47.9 Å². The molecule has 3 aromatic rings. The first-order valence-electron chi connectivity index (χ1n) is 8.95. The number of hydrogen-bond acceptors (Lipinski definition) is 4. The van der Waals surface area contributed by atoms with E-state index in [0.717, 1.165) is 47.7 Å². The number of aromatic nitrogens is 3. The molecule has 27 heavy (non-hydrogen) atoms. The molecule has 6 nitrogen and oxygen atoms in total. The molecule has 0 bridgehead atoms. The number of pyridine rings is 1. The average molecular weight is 403 g/mol. The van der Waals surface area contributed by atoms with Crippen molar-refractivity contribution in [2.45, 2.75) is 18.2 Å². The third-order valence-electron chi connectivity index (χ3n) is 3.81. The Morgan fingerprint density at radius 3 is 2.81 bits per heavy atom. The summed E-state index contributed by atoms with van der Waals surface area (Å²) < 4.78 is 2.00.